The van der Waals surface area contributed by atoms with Gasteiger partial charge < -0.3 is 5.32 Å². The quantitative estimate of drug-likeness (QED) is 0.914. The Morgan fingerprint density at radius 2 is 2.22 bits per heavy atom. The average Bonchev–Trinajstić information content (AvgIpc) is 2.62. The Morgan fingerprint density at radius 3 is 2.72 bits per heavy atom. The first kappa shape index (κ1) is 13.0. The third-order valence-corrected chi connectivity index (χ3v) is 3.51. The van der Waals surface area contributed by atoms with Gasteiger partial charge in [0.2, 0.25) is 0 Å². The molecule has 1 unspecified atom stereocenters. The standard InChI is InChI=1S/C12H16ClN5/c1-8-12(13)11(18(3)17-8)6-10(14-2)9-4-5-15-16-7-9/h4-5,7,10,14H,6H2,1-3H3. The first-order valence-corrected chi connectivity index (χ1v) is 6.13. The molecule has 2 rings (SSSR count). The highest BCUT2D eigenvalue weighted by Gasteiger charge is 2.17. The Morgan fingerprint density at radius 1 is 1.44 bits per heavy atom. The number of likely N-dealkylation sites (N-methyl/N-ethyl adjacent to an activating group) is 1. The monoisotopic (exact) mass is 265 g/mol. The lowest BCUT2D eigenvalue weighted by Crippen LogP contribution is -2.20. The van der Waals surface area contributed by atoms with E-state index in [4.69, 9.17) is 11.6 Å². The van der Waals surface area contributed by atoms with Crippen LogP contribution in [0.1, 0.15) is 23.0 Å². The van der Waals surface area contributed by atoms with E-state index in [1.165, 1.54) is 0 Å². The molecule has 0 spiro atoms. The molecule has 2 aromatic heterocycles. The molecule has 1 N–H and O–H groups in total. The summed E-state index contributed by atoms with van der Waals surface area (Å²) in [7, 11) is 3.83. The fourth-order valence-corrected chi connectivity index (χ4v) is 2.23. The van der Waals surface area contributed by atoms with Gasteiger partial charge in [0.15, 0.2) is 0 Å². The molecule has 0 amide bonds. The van der Waals surface area contributed by atoms with E-state index in [-0.39, 0.29) is 6.04 Å². The van der Waals surface area contributed by atoms with Gasteiger partial charge in [-0.3, -0.25) is 4.68 Å². The summed E-state index contributed by atoms with van der Waals surface area (Å²) in [6.07, 6.45) is 4.21. The third kappa shape index (κ3) is 2.52. The first-order valence-electron chi connectivity index (χ1n) is 5.75. The Kier molecular flexibility index (Phi) is 3.93. The third-order valence-electron chi connectivity index (χ3n) is 3.02. The zero-order chi connectivity index (χ0) is 13.1. The highest BCUT2D eigenvalue weighted by Crippen LogP contribution is 2.24. The average molecular weight is 266 g/mol. The first-order chi connectivity index (χ1) is 8.63. The lowest BCUT2D eigenvalue weighted by atomic mass is 10.0. The summed E-state index contributed by atoms with van der Waals surface area (Å²) in [5.74, 6) is 0. The van der Waals surface area contributed by atoms with Gasteiger partial charge in [0.05, 0.1) is 22.6 Å². The minimum atomic E-state index is 0.146. The molecule has 2 aromatic rings. The number of aryl methyl sites for hydroxylation is 2. The van der Waals surface area contributed by atoms with Gasteiger partial charge in [-0.1, -0.05) is 11.6 Å². The number of halogens is 1. The summed E-state index contributed by atoms with van der Waals surface area (Å²) in [6.45, 7) is 1.91. The van der Waals surface area contributed by atoms with E-state index in [9.17, 15) is 0 Å². The van der Waals surface area contributed by atoms with E-state index in [0.29, 0.717) is 0 Å². The highest BCUT2D eigenvalue weighted by atomic mass is 35.5. The van der Waals surface area contributed by atoms with Crippen LogP contribution in [0.25, 0.3) is 0 Å². The molecule has 0 saturated carbocycles. The second kappa shape index (κ2) is 5.46. The second-order valence-electron chi connectivity index (χ2n) is 4.19. The highest BCUT2D eigenvalue weighted by molar-refractivity contribution is 6.31. The molecular formula is C12H16ClN5. The summed E-state index contributed by atoms with van der Waals surface area (Å²) >= 11 is 6.26. The van der Waals surface area contributed by atoms with Gasteiger partial charge in [-0.2, -0.15) is 15.3 Å². The number of hydrogen-bond acceptors (Lipinski definition) is 4. The van der Waals surface area contributed by atoms with Crippen molar-refractivity contribution in [2.75, 3.05) is 7.05 Å². The second-order valence-corrected chi connectivity index (χ2v) is 4.57. The summed E-state index contributed by atoms with van der Waals surface area (Å²) in [6, 6.07) is 2.10. The normalized spacial score (nSPS) is 12.7. The Balaban J connectivity index is 2.26. The van der Waals surface area contributed by atoms with Gasteiger partial charge in [-0.05, 0) is 25.6 Å². The maximum atomic E-state index is 6.26. The Hall–Kier alpha value is -1.46. The van der Waals surface area contributed by atoms with Crippen molar-refractivity contribution in [3.05, 3.63) is 40.4 Å². The molecule has 0 aliphatic heterocycles. The van der Waals surface area contributed by atoms with Crippen LogP contribution in [0.15, 0.2) is 18.5 Å². The predicted octanol–water partition coefficient (Wildman–Crippen LogP) is 1.68. The van der Waals surface area contributed by atoms with Crippen molar-refractivity contribution in [3.8, 4) is 0 Å². The fourth-order valence-electron chi connectivity index (χ4n) is 1.99. The molecule has 1 atom stereocenters. The lowest BCUT2D eigenvalue weighted by molar-refractivity contribution is 0.558. The van der Waals surface area contributed by atoms with Crippen LogP contribution in [-0.4, -0.2) is 27.0 Å². The van der Waals surface area contributed by atoms with Gasteiger partial charge in [0.25, 0.3) is 0 Å². The maximum Gasteiger partial charge on any atom is 0.0847 e. The summed E-state index contributed by atoms with van der Waals surface area (Å²) in [5, 5.41) is 16.0. The molecule has 96 valence electrons. The largest absolute Gasteiger partial charge is 0.313 e. The number of rotatable bonds is 4. The fraction of sp³-hybridized carbons (Fsp3) is 0.417. The lowest BCUT2D eigenvalue weighted by Gasteiger charge is -2.16. The van der Waals surface area contributed by atoms with Crippen LogP contribution in [-0.2, 0) is 13.5 Å². The molecule has 0 aliphatic rings. The van der Waals surface area contributed by atoms with Gasteiger partial charge >= 0.3 is 0 Å². The molecule has 0 saturated heterocycles. The van der Waals surface area contributed by atoms with Crippen LogP contribution >= 0.6 is 11.6 Å². The van der Waals surface area contributed by atoms with E-state index >= 15 is 0 Å². The van der Waals surface area contributed by atoms with Crippen LogP contribution in [0, 0.1) is 6.92 Å². The molecule has 18 heavy (non-hydrogen) atoms. The maximum absolute atomic E-state index is 6.26. The molecule has 0 aliphatic carbocycles. The van der Waals surface area contributed by atoms with Crippen LogP contribution in [0.2, 0.25) is 5.02 Å². The van der Waals surface area contributed by atoms with E-state index in [1.807, 2.05) is 31.8 Å². The summed E-state index contributed by atoms with van der Waals surface area (Å²) in [4.78, 5) is 0. The van der Waals surface area contributed by atoms with Crippen LogP contribution in [0.3, 0.4) is 0 Å². The minimum absolute atomic E-state index is 0.146. The van der Waals surface area contributed by atoms with Crippen LogP contribution in [0.5, 0.6) is 0 Å². The summed E-state index contributed by atoms with van der Waals surface area (Å²) < 4.78 is 1.83. The Bertz CT molecular complexity index is 523. The molecule has 0 aromatic carbocycles. The predicted molar refractivity (Wildman–Crippen MR) is 70.5 cm³/mol. The number of nitrogens with zero attached hydrogens (tertiary/aromatic N) is 4. The summed E-state index contributed by atoms with van der Waals surface area (Å²) in [5.41, 5.74) is 2.96. The van der Waals surface area contributed by atoms with Gasteiger partial charge in [-0.15, -0.1) is 0 Å². The van der Waals surface area contributed by atoms with Crippen LogP contribution < -0.4 is 5.32 Å². The molecule has 6 heteroatoms. The molecule has 0 fully saturated rings. The molecule has 5 nitrogen and oxygen atoms in total. The van der Waals surface area contributed by atoms with Crippen molar-refractivity contribution in [3.63, 3.8) is 0 Å². The number of nitrogens with one attached hydrogen (secondary N) is 1. The number of hydrogen-bond donors (Lipinski definition) is 1. The van der Waals surface area contributed by atoms with E-state index in [1.54, 1.807) is 12.4 Å². The zero-order valence-corrected chi connectivity index (χ0v) is 11.4. The molecular weight excluding hydrogens is 250 g/mol. The van der Waals surface area contributed by atoms with Crippen molar-refractivity contribution in [2.24, 2.45) is 7.05 Å². The molecule has 0 bridgehead atoms. The van der Waals surface area contributed by atoms with Crippen molar-refractivity contribution in [1.82, 2.24) is 25.3 Å². The van der Waals surface area contributed by atoms with E-state index < -0.39 is 0 Å². The minimum Gasteiger partial charge on any atom is -0.313 e. The molecule has 0 radical (unpaired) electrons. The number of aromatic nitrogens is 4. The van der Waals surface area contributed by atoms with E-state index in [0.717, 1.165) is 28.4 Å². The van der Waals surface area contributed by atoms with Gasteiger partial charge in [-0.25, -0.2) is 0 Å². The van der Waals surface area contributed by atoms with Crippen LogP contribution in [0.4, 0.5) is 0 Å². The smallest absolute Gasteiger partial charge is 0.0847 e. The van der Waals surface area contributed by atoms with Crippen molar-refractivity contribution < 1.29 is 0 Å². The van der Waals surface area contributed by atoms with Crippen molar-refractivity contribution in [2.45, 2.75) is 19.4 Å². The van der Waals surface area contributed by atoms with Crippen molar-refractivity contribution >= 4 is 11.6 Å². The topological polar surface area (TPSA) is 55.6 Å². The van der Waals surface area contributed by atoms with Gasteiger partial charge in [0.1, 0.15) is 0 Å². The zero-order valence-electron chi connectivity index (χ0n) is 10.7. The van der Waals surface area contributed by atoms with Gasteiger partial charge in [0, 0.05) is 25.7 Å². The Labute approximate surface area is 111 Å². The van der Waals surface area contributed by atoms with Crippen molar-refractivity contribution in [1.29, 1.82) is 0 Å². The SMILES string of the molecule is CNC(Cc1c(Cl)c(C)nn1C)c1ccnnc1. The molecule has 2 heterocycles. The van der Waals surface area contributed by atoms with E-state index in [2.05, 4.69) is 20.6 Å².